The van der Waals surface area contributed by atoms with Crippen LogP contribution >= 0.6 is 27.3 Å². The molecule has 1 heterocycles. The zero-order valence-corrected chi connectivity index (χ0v) is 10.2. The molecule has 13 heavy (non-hydrogen) atoms. The van der Waals surface area contributed by atoms with Crippen molar-refractivity contribution >= 4 is 27.3 Å². The van der Waals surface area contributed by atoms with Crippen LogP contribution in [0.3, 0.4) is 0 Å². The van der Waals surface area contributed by atoms with Crippen molar-refractivity contribution in [3.63, 3.8) is 0 Å². The summed E-state index contributed by atoms with van der Waals surface area (Å²) in [6, 6.07) is 0. The third-order valence-corrected chi connectivity index (χ3v) is 3.72. The normalized spacial score (nSPS) is 13.1. The topological polar surface area (TPSA) is 24.9 Å². The molecule has 2 nitrogen and oxygen atoms in total. The lowest BCUT2D eigenvalue weighted by atomic mass is 10.2. The van der Waals surface area contributed by atoms with Gasteiger partial charge in [0.2, 0.25) is 0 Å². The lowest BCUT2D eigenvalue weighted by Crippen LogP contribution is -2.17. The van der Waals surface area contributed by atoms with Crippen LogP contribution in [-0.2, 0) is 6.54 Å². The minimum atomic E-state index is 0.649. The fourth-order valence-corrected chi connectivity index (χ4v) is 1.81. The smallest absolute Gasteiger partial charge is 0.106 e. The standard InChI is InChI=1S/C9H15BrN2S/c1-2-8(10)3-4-11-7-9-12-5-6-13-9/h5-6,8,11H,2-4,7H2,1H3. The van der Waals surface area contributed by atoms with Crippen molar-refractivity contribution < 1.29 is 0 Å². The first kappa shape index (κ1) is 11.1. The summed E-state index contributed by atoms with van der Waals surface area (Å²) in [5.41, 5.74) is 0. The minimum Gasteiger partial charge on any atom is -0.310 e. The second-order valence-corrected chi connectivity index (χ2v) is 5.17. The maximum absolute atomic E-state index is 4.20. The summed E-state index contributed by atoms with van der Waals surface area (Å²) >= 11 is 5.30. The molecule has 0 aliphatic rings. The van der Waals surface area contributed by atoms with Gasteiger partial charge in [0.05, 0.1) is 0 Å². The molecule has 0 saturated heterocycles. The monoisotopic (exact) mass is 262 g/mol. The molecule has 1 aromatic rings. The molecule has 0 saturated carbocycles. The Hall–Kier alpha value is 0.0700. The Morgan fingerprint density at radius 2 is 2.54 bits per heavy atom. The molecule has 1 rings (SSSR count). The van der Waals surface area contributed by atoms with E-state index < -0.39 is 0 Å². The van der Waals surface area contributed by atoms with Crippen molar-refractivity contribution in [2.24, 2.45) is 0 Å². The average Bonchev–Trinajstić information content (AvgIpc) is 2.64. The fraction of sp³-hybridized carbons (Fsp3) is 0.667. The summed E-state index contributed by atoms with van der Waals surface area (Å²) in [5.74, 6) is 0. The van der Waals surface area contributed by atoms with Crippen LogP contribution in [0, 0.1) is 0 Å². The van der Waals surface area contributed by atoms with Gasteiger partial charge in [-0.3, -0.25) is 0 Å². The summed E-state index contributed by atoms with van der Waals surface area (Å²) < 4.78 is 0. The first-order chi connectivity index (χ1) is 6.33. The van der Waals surface area contributed by atoms with Crippen LogP contribution in [0.5, 0.6) is 0 Å². The molecule has 74 valence electrons. The molecule has 1 N–H and O–H groups in total. The first-order valence-electron chi connectivity index (χ1n) is 4.56. The number of halogens is 1. The van der Waals surface area contributed by atoms with Gasteiger partial charge in [-0.2, -0.15) is 0 Å². The van der Waals surface area contributed by atoms with E-state index in [1.165, 1.54) is 17.8 Å². The Bertz CT molecular complexity index is 213. The van der Waals surface area contributed by atoms with E-state index >= 15 is 0 Å². The van der Waals surface area contributed by atoms with Crippen LogP contribution in [0.25, 0.3) is 0 Å². The summed E-state index contributed by atoms with van der Waals surface area (Å²) in [7, 11) is 0. The molecule has 0 fully saturated rings. The van der Waals surface area contributed by atoms with Gasteiger partial charge in [0.15, 0.2) is 0 Å². The number of alkyl halides is 1. The van der Waals surface area contributed by atoms with E-state index in [9.17, 15) is 0 Å². The van der Waals surface area contributed by atoms with Crippen LogP contribution < -0.4 is 5.32 Å². The zero-order valence-electron chi connectivity index (χ0n) is 7.79. The number of thiazole rings is 1. The average molecular weight is 263 g/mol. The number of nitrogens with one attached hydrogen (secondary N) is 1. The van der Waals surface area contributed by atoms with Crippen molar-refractivity contribution in [2.75, 3.05) is 6.54 Å². The van der Waals surface area contributed by atoms with E-state index in [0.29, 0.717) is 4.83 Å². The Labute approximate surface area is 91.9 Å². The number of hydrogen-bond acceptors (Lipinski definition) is 3. The third kappa shape index (κ3) is 4.74. The van der Waals surface area contributed by atoms with Crippen LogP contribution in [0.1, 0.15) is 24.8 Å². The highest BCUT2D eigenvalue weighted by atomic mass is 79.9. The molecule has 0 spiro atoms. The Balaban J connectivity index is 2.02. The van der Waals surface area contributed by atoms with Gasteiger partial charge in [-0.25, -0.2) is 4.98 Å². The maximum atomic E-state index is 4.20. The Morgan fingerprint density at radius 3 is 3.15 bits per heavy atom. The molecule has 0 bridgehead atoms. The van der Waals surface area contributed by atoms with E-state index in [1.54, 1.807) is 11.3 Å². The van der Waals surface area contributed by atoms with Crippen molar-refractivity contribution in [3.05, 3.63) is 16.6 Å². The fourth-order valence-electron chi connectivity index (χ4n) is 0.998. The number of nitrogens with zero attached hydrogens (tertiary/aromatic N) is 1. The van der Waals surface area contributed by atoms with E-state index in [2.05, 4.69) is 33.2 Å². The van der Waals surface area contributed by atoms with E-state index in [4.69, 9.17) is 0 Å². The predicted octanol–water partition coefficient (Wildman–Crippen LogP) is 2.80. The second kappa shape index (κ2) is 6.51. The highest BCUT2D eigenvalue weighted by Crippen LogP contribution is 2.08. The number of hydrogen-bond donors (Lipinski definition) is 1. The van der Waals surface area contributed by atoms with Gasteiger partial charge in [0.1, 0.15) is 5.01 Å². The van der Waals surface area contributed by atoms with E-state index in [1.807, 2.05) is 11.6 Å². The maximum Gasteiger partial charge on any atom is 0.106 e. The lowest BCUT2D eigenvalue weighted by molar-refractivity contribution is 0.628. The van der Waals surface area contributed by atoms with E-state index in [0.717, 1.165) is 13.1 Å². The van der Waals surface area contributed by atoms with Gasteiger partial charge in [-0.15, -0.1) is 11.3 Å². The van der Waals surface area contributed by atoms with Crippen molar-refractivity contribution in [3.8, 4) is 0 Å². The molecular weight excluding hydrogens is 248 g/mol. The van der Waals surface area contributed by atoms with Crippen molar-refractivity contribution in [2.45, 2.75) is 31.1 Å². The molecule has 0 aliphatic carbocycles. The molecule has 1 unspecified atom stereocenters. The molecule has 1 atom stereocenters. The lowest BCUT2D eigenvalue weighted by Gasteiger charge is -2.06. The quantitative estimate of drug-likeness (QED) is 0.630. The van der Waals surface area contributed by atoms with Gasteiger partial charge in [-0.1, -0.05) is 22.9 Å². The number of rotatable bonds is 6. The van der Waals surface area contributed by atoms with Crippen LogP contribution in [0.2, 0.25) is 0 Å². The summed E-state index contributed by atoms with van der Waals surface area (Å²) in [6.07, 6.45) is 4.22. The van der Waals surface area contributed by atoms with Crippen molar-refractivity contribution in [1.82, 2.24) is 10.3 Å². The Kier molecular flexibility index (Phi) is 5.58. The Morgan fingerprint density at radius 1 is 1.69 bits per heavy atom. The predicted molar refractivity (Wildman–Crippen MR) is 61.4 cm³/mol. The van der Waals surface area contributed by atoms with E-state index in [-0.39, 0.29) is 0 Å². The summed E-state index contributed by atoms with van der Waals surface area (Å²) in [5, 5.41) is 6.55. The van der Waals surface area contributed by atoms with Crippen molar-refractivity contribution in [1.29, 1.82) is 0 Å². The molecule has 4 heteroatoms. The van der Waals surface area contributed by atoms with Gasteiger partial charge in [-0.05, 0) is 19.4 Å². The second-order valence-electron chi connectivity index (χ2n) is 2.90. The molecule has 0 aliphatic heterocycles. The van der Waals surface area contributed by atoms with Crippen LogP contribution in [0.4, 0.5) is 0 Å². The molecular formula is C9H15BrN2S. The van der Waals surface area contributed by atoms with Gasteiger partial charge < -0.3 is 5.32 Å². The molecule has 0 radical (unpaired) electrons. The SMILES string of the molecule is CCC(Br)CCNCc1nccs1. The van der Waals surface area contributed by atoms with Crippen LogP contribution in [0.15, 0.2) is 11.6 Å². The number of aromatic nitrogens is 1. The molecule has 1 aromatic heterocycles. The third-order valence-electron chi connectivity index (χ3n) is 1.84. The summed E-state index contributed by atoms with van der Waals surface area (Å²) in [4.78, 5) is 4.85. The zero-order chi connectivity index (χ0) is 9.52. The van der Waals surface area contributed by atoms with Gasteiger partial charge >= 0.3 is 0 Å². The largest absolute Gasteiger partial charge is 0.310 e. The minimum absolute atomic E-state index is 0.649. The van der Waals surface area contributed by atoms with Crippen LogP contribution in [-0.4, -0.2) is 16.4 Å². The highest BCUT2D eigenvalue weighted by molar-refractivity contribution is 9.09. The van der Waals surface area contributed by atoms with Gasteiger partial charge in [0, 0.05) is 22.9 Å². The highest BCUT2D eigenvalue weighted by Gasteiger charge is 1.99. The summed E-state index contributed by atoms with van der Waals surface area (Å²) in [6.45, 7) is 4.16. The molecule has 0 amide bonds. The molecule has 0 aromatic carbocycles. The van der Waals surface area contributed by atoms with Gasteiger partial charge in [0.25, 0.3) is 0 Å². The first-order valence-corrected chi connectivity index (χ1v) is 6.35.